The summed E-state index contributed by atoms with van der Waals surface area (Å²) in [5.74, 6) is 1.21. The topological polar surface area (TPSA) is 115 Å². The Morgan fingerprint density at radius 3 is 1.76 bits per heavy atom. The first-order valence-electron chi connectivity index (χ1n) is 11.7. The Balaban J connectivity index is 1.34. The Kier molecular flexibility index (Phi) is 7.58. The van der Waals surface area contributed by atoms with Crippen LogP contribution in [0, 0.1) is 0 Å². The smallest absolute Gasteiger partial charge is 0.245 e. The average Bonchev–Trinajstić information content (AvgIpc) is 3.08. The van der Waals surface area contributed by atoms with E-state index in [1.807, 2.05) is 48.5 Å². The Morgan fingerprint density at radius 1 is 0.865 bits per heavy atom. The lowest BCUT2D eigenvalue weighted by atomic mass is 10.0. The summed E-state index contributed by atoms with van der Waals surface area (Å²) in [5, 5.41) is 4.32. The quantitative estimate of drug-likeness (QED) is 0.444. The van der Waals surface area contributed by atoms with Crippen molar-refractivity contribution in [3.63, 3.8) is 0 Å². The summed E-state index contributed by atoms with van der Waals surface area (Å²) in [5.41, 5.74) is 3.98. The molecule has 4 rings (SSSR count). The van der Waals surface area contributed by atoms with E-state index in [1.165, 1.54) is 12.1 Å². The molecule has 196 valence electrons. The molecule has 0 radical (unpaired) electrons. The highest BCUT2D eigenvalue weighted by atomic mass is 32.2. The van der Waals surface area contributed by atoms with E-state index in [1.54, 1.807) is 44.7 Å². The van der Waals surface area contributed by atoms with Crippen molar-refractivity contribution in [1.29, 1.82) is 0 Å². The second-order valence-electron chi connectivity index (χ2n) is 10.1. The van der Waals surface area contributed by atoms with Crippen molar-refractivity contribution in [2.45, 2.75) is 54.4 Å². The second kappa shape index (κ2) is 10.2. The first-order valence-corrected chi connectivity index (χ1v) is 15.9. The molecule has 1 fully saturated rings. The molecule has 3 aromatic rings. The minimum Gasteiger partial charge on any atom is -0.274 e. The first kappa shape index (κ1) is 27.4. The third-order valence-corrected chi connectivity index (χ3v) is 10.6. The van der Waals surface area contributed by atoms with E-state index >= 15 is 0 Å². The highest BCUT2D eigenvalue weighted by Crippen LogP contribution is 2.40. The van der Waals surface area contributed by atoms with Gasteiger partial charge in [-0.05, 0) is 60.7 Å². The fourth-order valence-corrected chi connectivity index (χ4v) is 8.11. The van der Waals surface area contributed by atoms with Crippen molar-refractivity contribution in [2.75, 3.05) is 0 Å². The van der Waals surface area contributed by atoms with Crippen molar-refractivity contribution in [3.05, 3.63) is 89.5 Å². The lowest BCUT2D eigenvalue weighted by Crippen LogP contribution is -2.45. The number of thioether (sulfide) groups is 1. The summed E-state index contributed by atoms with van der Waals surface area (Å²) in [6, 6.07) is 22.0. The van der Waals surface area contributed by atoms with Gasteiger partial charge in [0.25, 0.3) is 0 Å². The number of sulfonamides is 2. The number of primary sulfonamides is 1. The Hall–Kier alpha value is -2.66. The van der Waals surface area contributed by atoms with E-state index < -0.39 is 30.8 Å². The number of nitrogens with two attached hydrogens (primary N) is 1. The van der Waals surface area contributed by atoms with E-state index in [2.05, 4.69) is 0 Å². The van der Waals surface area contributed by atoms with E-state index in [0.29, 0.717) is 5.56 Å². The fraction of sp³-hybridized carbons (Fsp3) is 0.296. The summed E-state index contributed by atoms with van der Waals surface area (Å²) in [7, 11) is -7.45. The molecule has 37 heavy (non-hydrogen) atoms. The van der Waals surface area contributed by atoms with Gasteiger partial charge in [0.1, 0.15) is 5.25 Å². The van der Waals surface area contributed by atoms with Gasteiger partial charge in [-0.3, -0.25) is 4.79 Å². The zero-order valence-electron chi connectivity index (χ0n) is 20.9. The molecule has 1 amide bonds. The van der Waals surface area contributed by atoms with Crippen LogP contribution in [0.3, 0.4) is 0 Å². The molecule has 7 nitrogen and oxygen atoms in total. The van der Waals surface area contributed by atoms with Crippen LogP contribution in [-0.4, -0.2) is 32.6 Å². The predicted octanol–water partition coefficient (Wildman–Crippen LogP) is 4.84. The lowest BCUT2D eigenvalue weighted by Gasteiger charge is -2.30. The molecule has 1 atom stereocenters. The van der Waals surface area contributed by atoms with E-state index in [-0.39, 0.29) is 17.2 Å². The van der Waals surface area contributed by atoms with Crippen molar-refractivity contribution in [2.24, 2.45) is 5.14 Å². The zero-order valence-corrected chi connectivity index (χ0v) is 23.4. The van der Waals surface area contributed by atoms with Crippen molar-refractivity contribution in [1.82, 2.24) is 4.31 Å². The van der Waals surface area contributed by atoms with Crippen LogP contribution in [0.2, 0.25) is 0 Å². The van der Waals surface area contributed by atoms with Gasteiger partial charge in [0.2, 0.25) is 26.0 Å². The minimum absolute atomic E-state index is 0.0278. The van der Waals surface area contributed by atoms with Crippen molar-refractivity contribution >= 4 is 37.7 Å². The summed E-state index contributed by atoms with van der Waals surface area (Å²) in [6.07, 6.45) is -0.0278. The number of hydrogen-bond donors (Lipinski definition) is 1. The molecule has 1 heterocycles. The fourth-order valence-electron chi connectivity index (χ4n) is 4.41. The third-order valence-electron chi connectivity index (χ3n) is 6.17. The van der Waals surface area contributed by atoms with Crippen LogP contribution >= 0.6 is 11.8 Å². The molecule has 0 saturated carbocycles. The Morgan fingerprint density at radius 2 is 1.32 bits per heavy atom. The van der Waals surface area contributed by atoms with E-state index in [4.69, 9.17) is 5.14 Å². The van der Waals surface area contributed by atoms with Gasteiger partial charge in [0, 0.05) is 11.5 Å². The van der Waals surface area contributed by atoms with Crippen LogP contribution in [0.25, 0.3) is 11.1 Å². The average molecular weight is 559 g/mol. The van der Waals surface area contributed by atoms with Crippen molar-refractivity contribution in [3.8, 4) is 11.1 Å². The molecule has 10 heteroatoms. The SMILES string of the molecule is CC(C)(C)N1C(=O)CC(c2ccc(CSCc3ccc(-c4ccc(S(N)(=O)=O)cc4)cc3)cc2)S1(=O)=O. The standard InChI is InChI=1S/C27H30N2O5S3/c1-27(2,3)29-26(30)16-25(37(29,33)34)23-10-6-20(7-11-23)18-35-17-19-4-8-21(9-5-19)22-12-14-24(15-13-22)36(28,31)32/h4-15,25H,16-18H2,1-3H3,(H2,28,31,32). The highest BCUT2D eigenvalue weighted by molar-refractivity contribution is 7.97. The van der Waals surface area contributed by atoms with Gasteiger partial charge in [-0.1, -0.05) is 60.7 Å². The zero-order chi connectivity index (χ0) is 27.0. The van der Waals surface area contributed by atoms with Crippen LogP contribution in [0.15, 0.2) is 77.7 Å². The molecule has 0 aliphatic carbocycles. The Labute approximate surface area is 223 Å². The summed E-state index contributed by atoms with van der Waals surface area (Å²) >= 11 is 1.75. The molecule has 0 spiro atoms. The van der Waals surface area contributed by atoms with Crippen LogP contribution < -0.4 is 5.14 Å². The number of rotatable bonds is 7. The molecule has 1 aliphatic rings. The number of carbonyl (C=O) groups excluding carboxylic acids is 1. The molecular weight excluding hydrogens is 529 g/mol. The number of benzene rings is 3. The Bertz CT molecular complexity index is 1490. The number of nitrogens with zero attached hydrogens (tertiary/aromatic N) is 1. The largest absolute Gasteiger partial charge is 0.274 e. The van der Waals surface area contributed by atoms with Gasteiger partial charge >= 0.3 is 0 Å². The van der Waals surface area contributed by atoms with E-state index in [9.17, 15) is 21.6 Å². The molecule has 1 saturated heterocycles. The summed E-state index contributed by atoms with van der Waals surface area (Å²) in [4.78, 5) is 12.5. The minimum atomic E-state index is -3.74. The maximum Gasteiger partial charge on any atom is 0.245 e. The van der Waals surface area contributed by atoms with Gasteiger partial charge in [-0.25, -0.2) is 26.3 Å². The van der Waals surface area contributed by atoms with Crippen LogP contribution in [0.5, 0.6) is 0 Å². The second-order valence-corrected chi connectivity index (χ2v) is 14.6. The first-order chi connectivity index (χ1) is 17.3. The summed E-state index contributed by atoms with van der Waals surface area (Å²) in [6.45, 7) is 5.19. The third kappa shape index (κ3) is 6.09. The molecule has 0 bridgehead atoms. The van der Waals surface area contributed by atoms with Crippen LogP contribution in [0.1, 0.15) is 49.1 Å². The van der Waals surface area contributed by atoms with Gasteiger partial charge in [-0.2, -0.15) is 11.8 Å². The maximum absolute atomic E-state index is 13.0. The molecular formula is C27H30N2O5S3. The molecule has 2 N–H and O–H groups in total. The normalized spacial score (nSPS) is 17.8. The number of amides is 1. The van der Waals surface area contributed by atoms with Gasteiger partial charge in [0.05, 0.1) is 16.9 Å². The van der Waals surface area contributed by atoms with Crippen molar-refractivity contribution < 1.29 is 21.6 Å². The monoisotopic (exact) mass is 558 g/mol. The molecule has 3 aromatic carbocycles. The van der Waals surface area contributed by atoms with Gasteiger partial charge < -0.3 is 0 Å². The molecule has 0 aromatic heterocycles. The predicted molar refractivity (Wildman–Crippen MR) is 148 cm³/mol. The van der Waals surface area contributed by atoms with E-state index in [0.717, 1.165) is 38.1 Å². The van der Waals surface area contributed by atoms with Gasteiger partial charge in [-0.15, -0.1) is 0 Å². The van der Waals surface area contributed by atoms with Gasteiger partial charge in [0.15, 0.2) is 0 Å². The molecule has 1 unspecified atom stereocenters. The number of carbonyl (C=O) groups is 1. The van der Waals surface area contributed by atoms with Crippen LogP contribution in [0.4, 0.5) is 0 Å². The molecule has 1 aliphatic heterocycles. The van der Waals surface area contributed by atoms with Crippen LogP contribution in [-0.2, 0) is 36.3 Å². The maximum atomic E-state index is 13.0. The number of hydrogen-bond acceptors (Lipinski definition) is 6. The lowest BCUT2D eigenvalue weighted by molar-refractivity contribution is -0.128. The summed E-state index contributed by atoms with van der Waals surface area (Å²) < 4.78 is 49.9. The highest BCUT2D eigenvalue weighted by Gasteiger charge is 2.49.